The molecule has 0 bridgehead atoms. The molecule has 0 aromatic carbocycles. The fraction of sp³-hybridized carbons (Fsp3) is 1.00. The molecule has 0 unspecified atom stereocenters. The molecular weight excluding hydrogens is 568 g/mol. The minimum Gasteiger partial charge on any atom is -0.394 e. The van der Waals surface area contributed by atoms with E-state index in [4.69, 9.17) is 62.8 Å². The van der Waals surface area contributed by atoms with Crippen LogP contribution in [-0.4, -0.2) is 172 Å². The molecule has 4 aliphatic rings. The summed E-state index contributed by atoms with van der Waals surface area (Å²) in [5.74, 6) is 0. The van der Waals surface area contributed by atoms with Gasteiger partial charge in [-0.05, 0) is 6.42 Å². The molecule has 19 atom stereocenters. The van der Waals surface area contributed by atoms with Crippen molar-refractivity contribution in [2.75, 3.05) is 19.7 Å². The number of hydrogen-bond acceptors (Lipinski definition) is 19. The summed E-state index contributed by atoms with van der Waals surface area (Å²) in [6, 6.07) is -4.18. The van der Waals surface area contributed by atoms with Crippen molar-refractivity contribution in [3.8, 4) is 0 Å². The molecule has 0 radical (unpaired) electrons. The van der Waals surface area contributed by atoms with Gasteiger partial charge in [-0.15, -0.1) is 0 Å². The molecule has 0 amide bonds. The minimum absolute atomic E-state index is 0.0889. The van der Waals surface area contributed by atoms with Gasteiger partial charge in [0.1, 0.15) is 67.1 Å². The Labute approximate surface area is 241 Å². The zero-order valence-corrected chi connectivity index (χ0v) is 22.8. The minimum atomic E-state index is -1.60. The molecule has 0 spiro atoms. The number of rotatable bonds is 9. The van der Waals surface area contributed by atoms with Crippen LogP contribution in [0.5, 0.6) is 0 Å². The van der Waals surface area contributed by atoms with Crippen molar-refractivity contribution in [2.24, 2.45) is 34.4 Å². The first kappa shape index (κ1) is 34.1. The van der Waals surface area contributed by atoms with Crippen LogP contribution in [0.15, 0.2) is 0 Å². The first-order valence-corrected chi connectivity index (χ1v) is 13.9. The molecular formula is C23H46N6O13. The predicted molar refractivity (Wildman–Crippen MR) is 138 cm³/mol. The van der Waals surface area contributed by atoms with Crippen molar-refractivity contribution in [1.82, 2.24) is 0 Å². The standard InChI is InChI=1S/C23H46N6O13/c24-2-7-13(32)15(34)10(28)21(37-7)40-18-6(27)1-5(26)12(31)20(18)42-23-17(36)19(9(4-30)39-23)41-22-11(29)16(35)14(33)8(3-25)38-22/h5-23,30-36H,1-4,24-29H2/t5-,6+,7-,8+,9-,10-,11-,12+,13-,14-,15-,16-,17-,18-,19-,20+,21-,22-,23+/m1/s1. The van der Waals surface area contributed by atoms with Gasteiger partial charge in [0, 0.05) is 25.2 Å². The van der Waals surface area contributed by atoms with E-state index in [1.807, 2.05) is 0 Å². The van der Waals surface area contributed by atoms with E-state index in [-0.39, 0.29) is 19.5 Å². The Morgan fingerprint density at radius 2 is 0.976 bits per heavy atom. The van der Waals surface area contributed by atoms with E-state index in [1.165, 1.54) is 0 Å². The predicted octanol–water partition coefficient (Wildman–Crippen LogP) is -8.90. The maximum Gasteiger partial charge on any atom is 0.187 e. The molecule has 19 nitrogen and oxygen atoms in total. The third-order valence-electron chi connectivity index (χ3n) is 8.37. The van der Waals surface area contributed by atoms with E-state index in [0.717, 1.165) is 0 Å². The lowest BCUT2D eigenvalue weighted by atomic mass is 9.84. The molecule has 1 saturated carbocycles. The second-order valence-corrected chi connectivity index (χ2v) is 11.2. The van der Waals surface area contributed by atoms with Crippen molar-refractivity contribution in [2.45, 2.75) is 123 Å². The van der Waals surface area contributed by atoms with Gasteiger partial charge in [0.05, 0.1) is 24.8 Å². The van der Waals surface area contributed by atoms with Crippen molar-refractivity contribution in [3.05, 3.63) is 0 Å². The van der Waals surface area contributed by atoms with Crippen molar-refractivity contribution in [1.29, 1.82) is 0 Å². The van der Waals surface area contributed by atoms with Crippen LogP contribution in [0.1, 0.15) is 6.42 Å². The van der Waals surface area contributed by atoms with Crippen LogP contribution in [0.3, 0.4) is 0 Å². The summed E-state index contributed by atoms with van der Waals surface area (Å²) >= 11 is 0. The van der Waals surface area contributed by atoms with Gasteiger partial charge in [-0.3, -0.25) is 0 Å². The quantitative estimate of drug-likeness (QED) is 0.115. The van der Waals surface area contributed by atoms with Crippen LogP contribution >= 0.6 is 0 Å². The first-order valence-electron chi connectivity index (χ1n) is 13.9. The highest BCUT2D eigenvalue weighted by Crippen LogP contribution is 2.34. The van der Waals surface area contributed by atoms with E-state index in [1.54, 1.807) is 0 Å². The largest absolute Gasteiger partial charge is 0.394 e. The maximum absolute atomic E-state index is 11.1. The maximum atomic E-state index is 11.1. The number of hydrogen-bond donors (Lipinski definition) is 13. The third kappa shape index (κ3) is 6.60. The molecule has 0 aromatic rings. The van der Waals surface area contributed by atoms with Crippen LogP contribution in [0.4, 0.5) is 0 Å². The van der Waals surface area contributed by atoms with E-state index < -0.39 is 123 Å². The fourth-order valence-electron chi connectivity index (χ4n) is 5.74. The van der Waals surface area contributed by atoms with Gasteiger partial charge in [-0.2, -0.15) is 0 Å². The molecule has 3 aliphatic heterocycles. The topological polar surface area (TPSA) is 353 Å². The van der Waals surface area contributed by atoms with Crippen molar-refractivity contribution in [3.63, 3.8) is 0 Å². The van der Waals surface area contributed by atoms with Gasteiger partial charge in [-0.1, -0.05) is 0 Å². The van der Waals surface area contributed by atoms with Crippen LogP contribution in [0, 0.1) is 0 Å². The summed E-state index contributed by atoms with van der Waals surface area (Å²) in [6.45, 7) is -0.967. The van der Waals surface area contributed by atoms with Gasteiger partial charge in [0.25, 0.3) is 0 Å². The van der Waals surface area contributed by atoms with E-state index in [0.29, 0.717) is 0 Å². The van der Waals surface area contributed by atoms with Crippen molar-refractivity contribution < 1.29 is 64.2 Å². The SMILES string of the molecule is NC[C@@H]1O[C@H](O[C@H]2[C@@H](O)[C@H](O[C@H]3[C@@H](O)[C@H](N)C[C@H](N)[C@H]3O[C@H]3O[C@H](CN)[C@@H](O)[C@H](O)[C@H]3N)O[C@@H]2CO)[C@H](N)[C@@H](O)[C@@H]1O. The van der Waals surface area contributed by atoms with Gasteiger partial charge < -0.3 is 98.6 Å². The molecule has 3 heterocycles. The zero-order chi connectivity index (χ0) is 31.0. The first-order chi connectivity index (χ1) is 19.8. The Bertz CT molecular complexity index is 868. The molecule has 19 N–H and O–H groups in total. The highest BCUT2D eigenvalue weighted by Gasteiger charge is 2.54. The number of aliphatic hydroxyl groups excluding tert-OH is 7. The molecule has 0 aromatic heterocycles. The Morgan fingerprint density at radius 3 is 1.45 bits per heavy atom. The van der Waals surface area contributed by atoms with Crippen LogP contribution in [0.25, 0.3) is 0 Å². The zero-order valence-electron chi connectivity index (χ0n) is 22.8. The molecule has 19 heteroatoms. The molecule has 246 valence electrons. The molecule has 4 fully saturated rings. The van der Waals surface area contributed by atoms with Crippen LogP contribution in [-0.2, 0) is 28.4 Å². The second-order valence-electron chi connectivity index (χ2n) is 11.2. The Balaban J connectivity index is 1.50. The summed E-state index contributed by atoms with van der Waals surface area (Å²) in [6.07, 6.45) is -19.8. The second kappa shape index (κ2) is 14.1. The molecule has 42 heavy (non-hydrogen) atoms. The third-order valence-corrected chi connectivity index (χ3v) is 8.37. The van der Waals surface area contributed by atoms with E-state index >= 15 is 0 Å². The average molecular weight is 615 g/mol. The average Bonchev–Trinajstić information content (AvgIpc) is 3.27. The highest BCUT2D eigenvalue weighted by atomic mass is 16.8. The van der Waals surface area contributed by atoms with Gasteiger partial charge in [0.15, 0.2) is 18.9 Å². The van der Waals surface area contributed by atoms with Crippen molar-refractivity contribution >= 4 is 0 Å². The summed E-state index contributed by atoms with van der Waals surface area (Å²) in [5.41, 5.74) is 35.6. The molecule has 1 aliphatic carbocycles. The lowest BCUT2D eigenvalue weighted by Gasteiger charge is -2.47. The van der Waals surface area contributed by atoms with Crippen LogP contribution in [0.2, 0.25) is 0 Å². The number of aliphatic hydroxyl groups is 7. The normalized spacial score (nSPS) is 53.8. The number of ether oxygens (including phenoxy) is 6. The summed E-state index contributed by atoms with van der Waals surface area (Å²) < 4.78 is 34.6. The Morgan fingerprint density at radius 1 is 0.524 bits per heavy atom. The van der Waals surface area contributed by atoms with Gasteiger partial charge in [-0.25, -0.2) is 0 Å². The van der Waals surface area contributed by atoms with Gasteiger partial charge in [0.2, 0.25) is 0 Å². The monoisotopic (exact) mass is 614 g/mol. The summed E-state index contributed by atoms with van der Waals surface area (Å²) in [5, 5.41) is 73.0. The lowest BCUT2D eigenvalue weighted by Crippen LogP contribution is -2.68. The van der Waals surface area contributed by atoms with E-state index in [2.05, 4.69) is 0 Å². The Kier molecular flexibility index (Phi) is 11.5. The summed E-state index contributed by atoms with van der Waals surface area (Å²) in [7, 11) is 0. The van der Waals surface area contributed by atoms with Gasteiger partial charge >= 0.3 is 0 Å². The summed E-state index contributed by atoms with van der Waals surface area (Å²) in [4.78, 5) is 0. The highest BCUT2D eigenvalue weighted by molar-refractivity contribution is 5.02. The Hall–Kier alpha value is -0.760. The van der Waals surface area contributed by atoms with E-state index in [9.17, 15) is 35.7 Å². The number of nitrogens with two attached hydrogens (primary N) is 6. The fourth-order valence-corrected chi connectivity index (χ4v) is 5.74. The smallest absolute Gasteiger partial charge is 0.187 e. The lowest BCUT2D eigenvalue weighted by molar-refractivity contribution is -0.306. The molecule has 3 saturated heterocycles. The van der Waals surface area contributed by atoms with Crippen LogP contribution < -0.4 is 34.4 Å². The molecule has 4 rings (SSSR count).